The van der Waals surface area contributed by atoms with Gasteiger partial charge in [0.25, 0.3) is 5.91 Å². The van der Waals surface area contributed by atoms with Crippen LogP contribution in [-0.4, -0.2) is 35.2 Å². The van der Waals surface area contributed by atoms with E-state index < -0.39 is 0 Å². The second-order valence-corrected chi connectivity index (χ2v) is 7.15. The van der Waals surface area contributed by atoms with Gasteiger partial charge in [-0.25, -0.2) is 4.98 Å². The summed E-state index contributed by atoms with van der Waals surface area (Å²) in [7, 11) is 0. The Morgan fingerprint density at radius 1 is 1.14 bits per heavy atom. The van der Waals surface area contributed by atoms with Crippen LogP contribution in [0, 0.1) is 6.92 Å². The van der Waals surface area contributed by atoms with Gasteiger partial charge in [-0.2, -0.15) is 0 Å². The quantitative estimate of drug-likeness (QED) is 0.568. The molecule has 1 fully saturated rings. The number of rotatable bonds is 5. The number of nitrogens with zero attached hydrogens (tertiary/aromatic N) is 6. The Morgan fingerprint density at radius 3 is 2.83 bits per heavy atom. The van der Waals surface area contributed by atoms with Gasteiger partial charge in [-0.3, -0.25) is 9.78 Å². The van der Waals surface area contributed by atoms with Crippen LogP contribution < -0.4 is 5.32 Å². The molecular weight excluding hydrogens is 366 g/mol. The highest BCUT2D eigenvalue weighted by Crippen LogP contribution is 2.37. The van der Waals surface area contributed by atoms with Crippen LogP contribution in [0.4, 0.5) is 5.69 Å². The lowest BCUT2D eigenvalue weighted by atomic mass is 10.2. The molecule has 0 atom stereocenters. The molecule has 8 heteroatoms. The molecular formula is C21H19N7O. The molecule has 1 N–H and O–H groups in total. The number of imidazole rings is 1. The monoisotopic (exact) mass is 385 g/mol. The van der Waals surface area contributed by atoms with E-state index in [1.54, 1.807) is 24.9 Å². The van der Waals surface area contributed by atoms with Crippen molar-refractivity contribution in [2.24, 2.45) is 0 Å². The van der Waals surface area contributed by atoms with E-state index in [1.807, 2.05) is 48.0 Å². The number of aryl methyl sites for hydroxylation is 1. The van der Waals surface area contributed by atoms with Gasteiger partial charge in [0.15, 0.2) is 5.82 Å². The molecule has 0 aliphatic heterocycles. The van der Waals surface area contributed by atoms with Gasteiger partial charge in [-0.1, -0.05) is 12.1 Å². The van der Waals surface area contributed by atoms with Crippen LogP contribution in [0.25, 0.3) is 17.1 Å². The third kappa shape index (κ3) is 3.52. The summed E-state index contributed by atoms with van der Waals surface area (Å²) in [6.07, 6.45) is 9.31. The lowest BCUT2D eigenvalue weighted by molar-refractivity contribution is 0.102. The van der Waals surface area contributed by atoms with E-state index in [0.29, 0.717) is 17.4 Å². The molecule has 0 bridgehead atoms. The minimum atomic E-state index is -0.274. The molecule has 0 unspecified atom stereocenters. The average Bonchev–Trinajstić information content (AvgIpc) is 3.29. The van der Waals surface area contributed by atoms with Gasteiger partial charge in [0.1, 0.15) is 12.0 Å². The predicted octanol–water partition coefficient (Wildman–Crippen LogP) is 3.42. The minimum Gasteiger partial charge on any atom is -0.321 e. The van der Waals surface area contributed by atoms with Crippen LogP contribution in [-0.2, 0) is 0 Å². The molecule has 0 spiro atoms. The first-order valence-electron chi connectivity index (χ1n) is 9.46. The predicted molar refractivity (Wildman–Crippen MR) is 108 cm³/mol. The molecule has 0 saturated heterocycles. The van der Waals surface area contributed by atoms with Crippen molar-refractivity contribution in [1.29, 1.82) is 0 Å². The fourth-order valence-corrected chi connectivity index (χ4v) is 3.27. The van der Waals surface area contributed by atoms with Crippen LogP contribution in [0.15, 0.2) is 61.4 Å². The highest BCUT2D eigenvalue weighted by molar-refractivity contribution is 6.03. The van der Waals surface area contributed by atoms with E-state index >= 15 is 0 Å². The highest BCUT2D eigenvalue weighted by atomic mass is 16.1. The van der Waals surface area contributed by atoms with Gasteiger partial charge < -0.3 is 14.5 Å². The Balaban J connectivity index is 1.38. The summed E-state index contributed by atoms with van der Waals surface area (Å²) < 4.78 is 3.96. The van der Waals surface area contributed by atoms with E-state index in [4.69, 9.17) is 0 Å². The molecule has 1 amide bonds. The number of anilines is 1. The van der Waals surface area contributed by atoms with Crippen molar-refractivity contribution < 1.29 is 4.79 Å². The van der Waals surface area contributed by atoms with Gasteiger partial charge in [0.2, 0.25) is 0 Å². The maximum absolute atomic E-state index is 12.8. The standard InChI is InChI=1S/C21H19N7O/c1-14-11-27(12-23-14)18-7-8-22-19(10-18)21(29)25-16-4-2-3-15(9-16)20-26-24-13-28(20)17-5-6-17/h2-4,7-13,17H,5-6H2,1H3,(H,25,29). The topological polar surface area (TPSA) is 90.5 Å². The number of hydrogen-bond donors (Lipinski definition) is 1. The van der Waals surface area contributed by atoms with Crippen LogP contribution in [0.1, 0.15) is 35.1 Å². The zero-order valence-electron chi connectivity index (χ0n) is 15.9. The van der Waals surface area contributed by atoms with Crippen LogP contribution in [0.5, 0.6) is 0 Å². The summed E-state index contributed by atoms with van der Waals surface area (Å²) in [6.45, 7) is 1.92. The molecule has 5 rings (SSSR count). The Bertz CT molecular complexity index is 1190. The highest BCUT2D eigenvalue weighted by Gasteiger charge is 2.26. The molecule has 144 valence electrons. The number of benzene rings is 1. The zero-order chi connectivity index (χ0) is 19.8. The van der Waals surface area contributed by atoms with Crippen molar-refractivity contribution in [1.82, 2.24) is 29.3 Å². The number of aromatic nitrogens is 6. The summed E-state index contributed by atoms with van der Waals surface area (Å²) in [4.78, 5) is 21.2. The maximum atomic E-state index is 12.8. The second-order valence-electron chi connectivity index (χ2n) is 7.15. The Hall–Kier alpha value is -3.81. The van der Waals surface area contributed by atoms with Crippen LogP contribution in [0.3, 0.4) is 0 Å². The van der Waals surface area contributed by atoms with E-state index in [-0.39, 0.29) is 5.91 Å². The largest absolute Gasteiger partial charge is 0.321 e. The Morgan fingerprint density at radius 2 is 2.03 bits per heavy atom. The van der Waals surface area contributed by atoms with Crippen LogP contribution in [0.2, 0.25) is 0 Å². The molecule has 1 aromatic carbocycles. The normalized spacial score (nSPS) is 13.4. The van der Waals surface area contributed by atoms with Crippen molar-refractivity contribution in [3.8, 4) is 17.1 Å². The molecule has 4 aromatic rings. The van der Waals surface area contributed by atoms with Gasteiger partial charge in [-0.15, -0.1) is 10.2 Å². The number of amides is 1. The van der Waals surface area contributed by atoms with E-state index in [9.17, 15) is 4.79 Å². The number of pyridine rings is 1. The average molecular weight is 385 g/mol. The van der Waals surface area contributed by atoms with Crippen molar-refractivity contribution in [3.63, 3.8) is 0 Å². The van der Waals surface area contributed by atoms with E-state index in [1.165, 1.54) is 0 Å². The number of nitrogens with one attached hydrogen (secondary N) is 1. The maximum Gasteiger partial charge on any atom is 0.274 e. The fraction of sp³-hybridized carbons (Fsp3) is 0.190. The zero-order valence-corrected chi connectivity index (χ0v) is 15.9. The van der Waals surface area contributed by atoms with E-state index in [0.717, 1.165) is 35.6 Å². The lowest BCUT2D eigenvalue weighted by Gasteiger charge is -2.09. The molecule has 1 aliphatic carbocycles. The first-order valence-corrected chi connectivity index (χ1v) is 9.46. The third-order valence-electron chi connectivity index (χ3n) is 4.88. The lowest BCUT2D eigenvalue weighted by Crippen LogP contribution is -2.14. The summed E-state index contributed by atoms with van der Waals surface area (Å²) >= 11 is 0. The van der Waals surface area contributed by atoms with E-state index in [2.05, 4.69) is 30.0 Å². The van der Waals surface area contributed by atoms with Crippen molar-refractivity contribution in [2.45, 2.75) is 25.8 Å². The Labute approximate surface area is 167 Å². The molecule has 1 aliphatic rings. The second kappa shape index (κ2) is 6.97. The molecule has 8 nitrogen and oxygen atoms in total. The first-order chi connectivity index (χ1) is 14.2. The number of carbonyl (C=O) groups excluding carboxylic acids is 1. The third-order valence-corrected chi connectivity index (χ3v) is 4.88. The number of carbonyl (C=O) groups is 1. The van der Waals surface area contributed by atoms with Gasteiger partial charge >= 0.3 is 0 Å². The molecule has 0 radical (unpaired) electrons. The van der Waals surface area contributed by atoms with Gasteiger partial charge in [0.05, 0.1) is 17.7 Å². The number of hydrogen-bond acceptors (Lipinski definition) is 5. The molecule has 3 aromatic heterocycles. The first kappa shape index (κ1) is 17.3. The molecule has 29 heavy (non-hydrogen) atoms. The van der Waals surface area contributed by atoms with Crippen molar-refractivity contribution in [2.75, 3.05) is 5.32 Å². The summed E-state index contributed by atoms with van der Waals surface area (Å²) in [5.41, 5.74) is 3.67. The summed E-state index contributed by atoms with van der Waals surface area (Å²) in [6, 6.07) is 11.7. The smallest absolute Gasteiger partial charge is 0.274 e. The SMILES string of the molecule is Cc1cn(-c2ccnc(C(=O)Nc3cccc(-c4nncn4C4CC4)c3)c2)cn1. The van der Waals surface area contributed by atoms with Gasteiger partial charge in [0, 0.05) is 29.7 Å². The Kier molecular flexibility index (Phi) is 4.16. The van der Waals surface area contributed by atoms with Crippen molar-refractivity contribution in [3.05, 3.63) is 72.8 Å². The van der Waals surface area contributed by atoms with Crippen molar-refractivity contribution >= 4 is 11.6 Å². The molecule has 1 saturated carbocycles. The summed E-state index contributed by atoms with van der Waals surface area (Å²) in [5.74, 6) is 0.545. The van der Waals surface area contributed by atoms with Crippen LogP contribution >= 0.6 is 0 Å². The minimum absolute atomic E-state index is 0.274. The molecule has 3 heterocycles. The fourth-order valence-electron chi connectivity index (χ4n) is 3.27. The van der Waals surface area contributed by atoms with Gasteiger partial charge in [-0.05, 0) is 44.0 Å². The summed E-state index contributed by atoms with van der Waals surface area (Å²) in [5, 5.41) is 11.2.